The Morgan fingerprint density at radius 1 is 1.33 bits per heavy atom. The number of aromatic amines is 1. The van der Waals surface area contributed by atoms with Gasteiger partial charge in [-0.15, -0.1) is 0 Å². The van der Waals surface area contributed by atoms with Crippen LogP contribution in [-0.2, 0) is 4.74 Å². The molecule has 0 amide bonds. The number of pyridine rings is 1. The van der Waals surface area contributed by atoms with Crippen molar-refractivity contribution in [2.75, 3.05) is 13.2 Å². The quantitative estimate of drug-likeness (QED) is 0.674. The minimum absolute atomic E-state index is 0. The number of nitrogens with one attached hydrogen (secondary N) is 1. The summed E-state index contributed by atoms with van der Waals surface area (Å²) in [6.45, 7) is 4.02. The van der Waals surface area contributed by atoms with Gasteiger partial charge in [0.05, 0.1) is 11.7 Å². The first kappa shape index (κ1) is 18.1. The average Bonchev–Trinajstić information content (AvgIpc) is 3.43. The molecule has 0 bridgehead atoms. The molecule has 1 saturated heterocycles. The minimum Gasteiger partial charge on any atom is -0.381 e. The number of hydrogen-bond acceptors (Lipinski definition) is 3. The van der Waals surface area contributed by atoms with E-state index in [1.165, 1.54) is 12.8 Å². The predicted molar refractivity (Wildman–Crippen MR) is 102 cm³/mol. The number of alkyl halides is 2. The molecule has 1 saturated carbocycles. The Kier molecular flexibility index (Phi) is 4.95. The van der Waals surface area contributed by atoms with Crippen LogP contribution < -0.4 is 0 Å². The van der Waals surface area contributed by atoms with Gasteiger partial charge in [0.15, 0.2) is 0 Å². The Bertz CT molecular complexity index is 912. The van der Waals surface area contributed by atoms with Crippen LogP contribution in [0.2, 0.25) is 0 Å². The molecule has 2 aliphatic rings. The van der Waals surface area contributed by atoms with Crippen LogP contribution in [0.15, 0.2) is 30.7 Å². The second kappa shape index (κ2) is 7.38. The van der Waals surface area contributed by atoms with Crippen LogP contribution in [0.25, 0.3) is 22.3 Å². The highest BCUT2D eigenvalue weighted by Crippen LogP contribution is 2.41. The maximum absolute atomic E-state index is 13.3. The number of H-pyrrole nitrogens is 1. The van der Waals surface area contributed by atoms with Crippen LogP contribution in [-0.4, -0.2) is 38.9 Å². The van der Waals surface area contributed by atoms with Crippen molar-refractivity contribution in [3.8, 4) is 11.3 Å². The third kappa shape index (κ3) is 4.03. The predicted octanol–water partition coefficient (Wildman–Crippen LogP) is 5.14. The van der Waals surface area contributed by atoms with E-state index < -0.39 is 5.92 Å². The lowest BCUT2D eigenvalue weighted by molar-refractivity contribution is 0.00519. The van der Waals surface area contributed by atoms with Crippen LogP contribution in [0.4, 0.5) is 8.78 Å². The number of ether oxygens (including phenoxy) is 1. The Labute approximate surface area is 158 Å². The molecule has 1 N–H and O–H groups in total. The van der Waals surface area contributed by atoms with E-state index in [1.54, 1.807) is 17.1 Å². The standard InChI is InChI=1S/C16H16F2N4.C4H8O.H2/c1-10-8-19-15-13(10)6-11(9-20-15)14-3-5-22(21-14)12-2-4-16(17,18)7-12;1-2-4-5-3-1;/h3,5-6,8-9,12H,2,4,7H2,1H3,(H,19,20);1-4H2;1H/t12-;;/m1../s1. The van der Waals surface area contributed by atoms with Crippen molar-refractivity contribution in [2.45, 2.75) is 51.0 Å². The number of hydrogen-bond donors (Lipinski definition) is 1. The van der Waals surface area contributed by atoms with E-state index in [0.29, 0.717) is 6.42 Å². The third-order valence-electron chi connectivity index (χ3n) is 5.22. The SMILES string of the molecule is C1CCOC1.Cc1c[nH]c2ncc(-c3ccn([C@@H]4CCC(F)(F)C4)n3)cc12.[HH]. The van der Waals surface area contributed by atoms with Crippen molar-refractivity contribution >= 4 is 11.0 Å². The van der Waals surface area contributed by atoms with Crippen molar-refractivity contribution < 1.29 is 14.9 Å². The molecule has 2 fully saturated rings. The van der Waals surface area contributed by atoms with E-state index in [9.17, 15) is 8.78 Å². The van der Waals surface area contributed by atoms with Crippen molar-refractivity contribution in [1.82, 2.24) is 19.7 Å². The van der Waals surface area contributed by atoms with Crippen LogP contribution in [0.1, 0.15) is 45.1 Å². The zero-order valence-corrected chi connectivity index (χ0v) is 15.4. The number of fused-ring (bicyclic) bond motifs is 1. The van der Waals surface area contributed by atoms with Crippen molar-refractivity contribution in [2.24, 2.45) is 0 Å². The molecule has 1 aliphatic heterocycles. The molecule has 27 heavy (non-hydrogen) atoms. The molecular weight excluding hydrogens is 350 g/mol. The molecule has 3 aromatic rings. The maximum atomic E-state index is 13.3. The molecule has 4 heterocycles. The lowest BCUT2D eigenvalue weighted by Gasteiger charge is -2.10. The minimum atomic E-state index is -2.56. The average molecular weight is 376 g/mol. The molecule has 1 aliphatic carbocycles. The molecule has 0 radical (unpaired) electrons. The molecule has 5 nitrogen and oxygen atoms in total. The summed E-state index contributed by atoms with van der Waals surface area (Å²) in [4.78, 5) is 7.49. The van der Waals surface area contributed by atoms with Gasteiger partial charge in [-0.25, -0.2) is 13.8 Å². The summed E-state index contributed by atoms with van der Waals surface area (Å²) in [7, 11) is 0. The highest BCUT2D eigenvalue weighted by atomic mass is 19.3. The zero-order valence-electron chi connectivity index (χ0n) is 15.4. The monoisotopic (exact) mass is 376 g/mol. The Morgan fingerprint density at radius 3 is 2.81 bits per heavy atom. The van der Waals surface area contributed by atoms with Gasteiger partial charge in [0.2, 0.25) is 5.92 Å². The molecule has 7 heteroatoms. The zero-order chi connectivity index (χ0) is 18.9. The number of aryl methyl sites for hydroxylation is 1. The van der Waals surface area contributed by atoms with E-state index >= 15 is 0 Å². The first-order valence-electron chi connectivity index (χ1n) is 9.47. The van der Waals surface area contributed by atoms with E-state index in [2.05, 4.69) is 15.1 Å². The van der Waals surface area contributed by atoms with E-state index in [0.717, 1.165) is 41.1 Å². The Balaban J connectivity index is 0.000000329. The first-order valence-corrected chi connectivity index (χ1v) is 9.47. The van der Waals surface area contributed by atoms with E-state index in [1.807, 2.05) is 25.3 Å². The van der Waals surface area contributed by atoms with Crippen LogP contribution in [0.5, 0.6) is 0 Å². The molecule has 5 rings (SSSR count). The van der Waals surface area contributed by atoms with Crippen LogP contribution in [0.3, 0.4) is 0 Å². The summed E-state index contributed by atoms with van der Waals surface area (Å²) < 4.78 is 33.3. The fourth-order valence-electron chi connectivity index (χ4n) is 3.63. The van der Waals surface area contributed by atoms with E-state index in [4.69, 9.17) is 4.74 Å². The molecule has 1 atom stereocenters. The maximum Gasteiger partial charge on any atom is 0.250 e. The summed E-state index contributed by atoms with van der Waals surface area (Å²) >= 11 is 0. The second-order valence-corrected chi connectivity index (χ2v) is 7.34. The largest absolute Gasteiger partial charge is 0.381 e. The summed E-state index contributed by atoms with van der Waals surface area (Å²) in [6.07, 6.45) is 8.32. The summed E-state index contributed by atoms with van der Waals surface area (Å²) in [5, 5.41) is 5.54. The van der Waals surface area contributed by atoms with Gasteiger partial charge in [-0.2, -0.15) is 5.10 Å². The summed E-state index contributed by atoms with van der Waals surface area (Å²) in [6, 6.07) is 3.68. The fraction of sp³-hybridized carbons (Fsp3) is 0.500. The molecule has 0 spiro atoms. The summed E-state index contributed by atoms with van der Waals surface area (Å²) in [5.74, 6) is -2.56. The van der Waals surface area contributed by atoms with Crippen LogP contribution >= 0.6 is 0 Å². The topological polar surface area (TPSA) is 55.7 Å². The molecule has 0 aromatic carbocycles. The molecular formula is C20H26F2N4O. The lowest BCUT2D eigenvalue weighted by Crippen LogP contribution is -2.12. The van der Waals surface area contributed by atoms with Gasteiger partial charge in [-0.05, 0) is 43.9 Å². The lowest BCUT2D eigenvalue weighted by atomic mass is 10.1. The van der Waals surface area contributed by atoms with Gasteiger partial charge < -0.3 is 9.72 Å². The van der Waals surface area contributed by atoms with Crippen molar-refractivity contribution in [3.63, 3.8) is 0 Å². The molecule has 0 unspecified atom stereocenters. The van der Waals surface area contributed by atoms with Gasteiger partial charge in [0.1, 0.15) is 5.65 Å². The summed E-state index contributed by atoms with van der Waals surface area (Å²) in [5.41, 5.74) is 3.64. The van der Waals surface area contributed by atoms with Gasteiger partial charge in [0, 0.05) is 57.0 Å². The number of rotatable bonds is 2. The van der Waals surface area contributed by atoms with Crippen molar-refractivity contribution in [3.05, 3.63) is 36.3 Å². The fourth-order valence-corrected chi connectivity index (χ4v) is 3.63. The molecule has 146 valence electrons. The Hall–Kier alpha value is -2.28. The van der Waals surface area contributed by atoms with Crippen molar-refractivity contribution in [1.29, 1.82) is 0 Å². The normalized spacial score (nSPS) is 21.4. The number of aromatic nitrogens is 4. The number of nitrogens with zero attached hydrogens (tertiary/aromatic N) is 3. The van der Waals surface area contributed by atoms with E-state index in [-0.39, 0.29) is 20.3 Å². The van der Waals surface area contributed by atoms with Gasteiger partial charge in [-0.1, -0.05) is 0 Å². The number of halogens is 2. The van der Waals surface area contributed by atoms with Gasteiger partial charge >= 0.3 is 0 Å². The van der Waals surface area contributed by atoms with Crippen LogP contribution in [0, 0.1) is 6.92 Å². The molecule has 3 aromatic heterocycles. The highest BCUT2D eigenvalue weighted by molar-refractivity contribution is 5.83. The third-order valence-corrected chi connectivity index (χ3v) is 5.22. The smallest absolute Gasteiger partial charge is 0.250 e. The highest BCUT2D eigenvalue weighted by Gasteiger charge is 2.40. The van der Waals surface area contributed by atoms with Gasteiger partial charge in [-0.3, -0.25) is 4.68 Å². The first-order chi connectivity index (χ1) is 13.0. The Morgan fingerprint density at radius 2 is 2.15 bits per heavy atom. The van der Waals surface area contributed by atoms with Gasteiger partial charge in [0.25, 0.3) is 0 Å². The second-order valence-electron chi connectivity index (χ2n) is 7.34.